The van der Waals surface area contributed by atoms with Gasteiger partial charge in [0.15, 0.2) is 0 Å². The van der Waals surface area contributed by atoms with E-state index in [4.69, 9.17) is 10.9 Å². The van der Waals surface area contributed by atoms with Gasteiger partial charge in [-0.2, -0.15) is 0 Å². The van der Waals surface area contributed by atoms with E-state index in [9.17, 15) is 4.79 Å². The Balaban J connectivity index is 2.67. The van der Waals surface area contributed by atoms with Gasteiger partial charge in [0, 0.05) is 28.8 Å². The van der Waals surface area contributed by atoms with Crippen molar-refractivity contribution >= 4 is 27.7 Å². The highest BCUT2D eigenvalue weighted by Crippen LogP contribution is 2.14. The largest absolute Gasteiger partial charge is 0.409 e. The number of nitrogens with zero attached hydrogens (tertiary/aromatic N) is 2. The molecule has 7 heteroatoms. The number of aromatic nitrogens is 1. The van der Waals surface area contributed by atoms with E-state index in [2.05, 4.69) is 31.4 Å². The first-order valence-corrected chi connectivity index (χ1v) is 6.03. The maximum atomic E-state index is 11.8. The van der Waals surface area contributed by atoms with E-state index in [1.807, 2.05) is 0 Å². The number of nitrogens with two attached hydrogens (primary N) is 1. The predicted octanol–water partition coefficient (Wildman–Crippen LogP) is 1.35. The molecule has 0 saturated heterocycles. The molecule has 0 aliphatic heterocycles. The van der Waals surface area contributed by atoms with Crippen LogP contribution in [0.3, 0.4) is 0 Å². The van der Waals surface area contributed by atoms with E-state index in [-0.39, 0.29) is 18.3 Å². The Morgan fingerprint density at radius 3 is 2.83 bits per heavy atom. The minimum Gasteiger partial charge on any atom is -0.409 e. The molecule has 1 aromatic heterocycles. The van der Waals surface area contributed by atoms with E-state index in [1.54, 1.807) is 26.1 Å². The number of halogens is 1. The third-order valence-corrected chi connectivity index (χ3v) is 2.89. The van der Waals surface area contributed by atoms with Crippen molar-refractivity contribution in [3.63, 3.8) is 0 Å². The van der Waals surface area contributed by atoms with Crippen LogP contribution >= 0.6 is 15.9 Å². The standard InChI is InChI=1S/C11H15BrN4O2/c1-11(2,10(13)16-18)6-15-9(17)7-3-8(12)5-14-4-7/h3-5,18H,6H2,1-2H3,(H2,13,16)(H,15,17). The van der Waals surface area contributed by atoms with Crippen molar-refractivity contribution in [2.75, 3.05) is 6.54 Å². The summed E-state index contributed by atoms with van der Waals surface area (Å²) in [7, 11) is 0. The van der Waals surface area contributed by atoms with Gasteiger partial charge in [-0.3, -0.25) is 9.78 Å². The van der Waals surface area contributed by atoms with Gasteiger partial charge in [-0.1, -0.05) is 19.0 Å². The zero-order valence-electron chi connectivity index (χ0n) is 10.1. The molecule has 6 nitrogen and oxygen atoms in total. The van der Waals surface area contributed by atoms with Gasteiger partial charge in [-0.15, -0.1) is 0 Å². The van der Waals surface area contributed by atoms with Crippen molar-refractivity contribution in [2.45, 2.75) is 13.8 Å². The lowest BCUT2D eigenvalue weighted by Crippen LogP contribution is -2.42. The molecule has 0 saturated carbocycles. The topological polar surface area (TPSA) is 101 Å². The van der Waals surface area contributed by atoms with Crippen LogP contribution in [-0.2, 0) is 0 Å². The number of pyridine rings is 1. The molecule has 0 aliphatic rings. The summed E-state index contributed by atoms with van der Waals surface area (Å²) in [6, 6.07) is 1.67. The first-order valence-electron chi connectivity index (χ1n) is 5.23. The van der Waals surface area contributed by atoms with Gasteiger partial charge in [-0.25, -0.2) is 0 Å². The molecule has 0 atom stereocenters. The SMILES string of the molecule is CC(C)(CNC(=O)c1cncc(Br)c1)/C(N)=N/O. The third-order valence-electron chi connectivity index (χ3n) is 2.46. The molecule has 1 amide bonds. The van der Waals surface area contributed by atoms with E-state index < -0.39 is 5.41 Å². The van der Waals surface area contributed by atoms with Crippen LogP contribution in [0, 0.1) is 5.41 Å². The molecule has 1 aromatic rings. The second-order valence-corrected chi connectivity index (χ2v) is 5.36. The van der Waals surface area contributed by atoms with Gasteiger partial charge in [0.25, 0.3) is 5.91 Å². The quantitative estimate of drug-likeness (QED) is 0.338. The molecule has 0 fully saturated rings. The summed E-state index contributed by atoms with van der Waals surface area (Å²) in [6.45, 7) is 3.79. The molecule has 0 bridgehead atoms. The molecule has 0 aromatic carbocycles. The molecular weight excluding hydrogens is 300 g/mol. The molecule has 1 rings (SSSR count). The Kier molecular flexibility index (Phi) is 4.66. The van der Waals surface area contributed by atoms with E-state index in [1.165, 1.54) is 6.20 Å². The highest BCUT2D eigenvalue weighted by molar-refractivity contribution is 9.10. The van der Waals surface area contributed by atoms with Crippen molar-refractivity contribution in [2.24, 2.45) is 16.3 Å². The number of amides is 1. The average molecular weight is 315 g/mol. The van der Waals surface area contributed by atoms with Crippen molar-refractivity contribution < 1.29 is 10.0 Å². The van der Waals surface area contributed by atoms with Gasteiger partial charge in [0.1, 0.15) is 5.84 Å². The molecule has 18 heavy (non-hydrogen) atoms. The number of carbonyl (C=O) groups excluding carboxylic acids is 1. The van der Waals surface area contributed by atoms with Crippen molar-refractivity contribution in [3.05, 3.63) is 28.5 Å². The van der Waals surface area contributed by atoms with Crippen LogP contribution in [0.4, 0.5) is 0 Å². The van der Waals surface area contributed by atoms with E-state index in [0.717, 1.165) is 4.47 Å². The molecule has 4 N–H and O–H groups in total. The maximum Gasteiger partial charge on any atom is 0.252 e. The predicted molar refractivity (Wildman–Crippen MR) is 71.5 cm³/mol. The number of oxime groups is 1. The van der Waals surface area contributed by atoms with Crippen LogP contribution in [0.1, 0.15) is 24.2 Å². The normalized spacial score (nSPS) is 12.3. The lowest BCUT2D eigenvalue weighted by Gasteiger charge is -2.23. The van der Waals surface area contributed by atoms with Gasteiger partial charge in [0.2, 0.25) is 0 Å². The van der Waals surface area contributed by atoms with Crippen molar-refractivity contribution in [1.82, 2.24) is 10.3 Å². The molecule has 1 heterocycles. The lowest BCUT2D eigenvalue weighted by molar-refractivity contribution is 0.0944. The fourth-order valence-corrected chi connectivity index (χ4v) is 1.53. The molecule has 0 radical (unpaired) electrons. The Hall–Kier alpha value is -1.63. The first kappa shape index (κ1) is 14.4. The summed E-state index contributed by atoms with van der Waals surface area (Å²) in [5.74, 6) is -0.196. The van der Waals surface area contributed by atoms with Crippen LogP contribution in [0.2, 0.25) is 0 Å². The van der Waals surface area contributed by atoms with Crippen molar-refractivity contribution in [1.29, 1.82) is 0 Å². The highest BCUT2D eigenvalue weighted by atomic mass is 79.9. The summed E-state index contributed by atoms with van der Waals surface area (Å²) >= 11 is 3.24. The molecule has 0 aliphatic carbocycles. The third kappa shape index (κ3) is 3.69. The van der Waals surface area contributed by atoms with Gasteiger partial charge < -0.3 is 16.3 Å². The minimum absolute atomic E-state index is 0.0650. The van der Waals surface area contributed by atoms with Gasteiger partial charge in [-0.05, 0) is 22.0 Å². The fourth-order valence-electron chi connectivity index (χ4n) is 1.17. The van der Waals surface area contributed by atoms with Crippen LogP contribution < -0.4 is 11.1 Å². The van der Waals surface area contributed by atoms with Gasteiger partial charge >= 0.3 is 0 Å². The van der Waals surface area contributed by atoms with Crippen LogP contribution in [-0.4, -0.2) is 28.5 Å². The Bertz CT molecular complexity index is 474. The van der Waals surface area contributed by atoms with Crippen molar-refractivity contribution in [3.8, 4) is 0 Å². The molecular formula is C11H15BrN4O2. The zero-order valence-corrected chi connectivity index (χ0v) is 11.7. The number of hydrogen-bond acceptors (Lipinski definition) is 4. The van der Waals surface area contributed by atoms with Crippen LogP contribution in [0.5, 0.6) is 0 Å². The smallest absolute Gasteiger partial charge is 0.252 e. The zero-order chi connectivity index (χ0) is 13.8. The first-order chi connectivity index (χ1) is 8.36. The Morgan fingerprint density at radius 1 is 1.61 bits per heavy atom. The van der Waals surface area contributed by atoms with E-state index >= 15 is 0 Å². The minimum atomic E-state index is -0.621. The summed E-state index contributed by atoms with van der Waals surface area (Å²) < 4.78 is 0.728. The number of carbonyl (C=O) groups is 1. The summed E-state index contributed by atoms with van der Waals surface area (Å²) in [5, 5.41) is 14.3. The van der Waals surface area contributed by atoms with Crippen LogP contribution in [0.25, 0.3) is 0 Å². The van der Waals surface area contributed by atoms with Crippen LogP contribution in [0.15, 0.2) is 28.1 Å². The lowest BCUT2D eigenvalue weighted by atomic mass is 9.92. The Labute approximate surface area is 113 Å². The fraction of sp³-hybridized carbons (Fsp3) is 0.364. The molecule has 0 spiro atoms. The number of rotatable bonds is 4. The number of hydrogen-bond donors (Lipinski definition) is 3. The van der Waals surface area contributed by atoms with E-state index in [0.29, 0.717) is 5.56 Å². The number of amidine groups is 1. The summed E-state index contributed by atoms with van der Waals surface area (Å²) in [6.07, 6.45) is 3.06. The molecule has 0 unspecified atom stereocenters. The monoisotopic (exact) mass is 314 g/mol. The second-order valence-electron chi connectivity index (χ2n) is 4.44. The Morgan fingerprint density at radius 2 is 2.28 bits per heavy atom. The maximum absolute atomic E-state index is 11.8. The second kappa shape index (κ2) is 5.81. The molecule has 98 valence electrons. The average Bonchev–Trinajstić information content (AvgIpc) is 2.35. The summed E-state index contributed by atoms with van der Waals surface area (Å²) in [5.41, 5.74) is 5.35. The van der Waals surface area contributed by atoms with Gasteiger partial charge in [0.05, 0.1) is 5.56 Å². The number of nitrogens with one attached hydrogen (secondary N) is 1. The highest BCUT2D eigenvalue weighted by Gasteiger charge is 2.24. The summed E-state index contributed by atoms with van der Waals surface area (Å²) in [4.78, 5) is 15.7.